The molecule has 10 heteroatoms. The summed E-state index contributed by atoms with van der Waals surface area (Å²) in [5.74, 6) is -0.133. The number of aromatic nitrogens is 2. The van der Waals surface area contributed by atoms with Crippen LogP contribution in [0.15, 0.2) is 51.1 Å². The number of anilines is 1. The van der Waals surface area contributed by atoms with E-state index in [-0.39, 0.29) is 17.0 Å². The molecule has 8 nitrogen and oxygen atoms in total. The SMILES string of the molecule is CN(C1CCCC1)S(=O)(=O)c1ccc(C(=O)Nc2nnc(-c3cccs3)o2)cc1. The van der Waals surface area contributed by atoms with Crippen LogP contribution in [-0.2, 0) is 10.0 Å². The highest BCUT2D eigenvalue weighted by molar-refractivity contribution is 7.89. The second-order valence-electron chi connectivity index (χ2n) is 6.83. The van der Waals surface area contributed by atoms with Gasteiger partial charge in [0.05, 0.1) is 9.77 Å². The van der Waals surface area contributed by atoms with Gasteiger partial charge in [-0.05, 0) is 48.6 Å². The molecular formula is C19H20N4O4S2. The van der Waals surface area contributed by atoms with Gasteiger partial charge in [0.1, 0.15) is 0 Å². The Kier molecular flexibility index (Phi) is 5.48. The number of hydrogen-bond donors (Lipinski definition) is 1. The van der Waals surface area contributed by atoms with Crippen molar-refractivity contribution in [2.24, 2.45) is 0 Å². The Morgan fingerprint density at radius 2 is 1.90 bits per heavy atom. The summed E-state index contributed by atoms with van der Waals surface area (Å²) in [6, 6.07) is 9.56. The molecule has 152 valence electrons. The van der Waals surface area contributed by atoms with E-state index in [2.05, 4.69) is 15.5 Å². The lowest BCUT2D eigenvalue weighted by molar-refractivity contribution is 0.102. The first-order valence-corrected chi connectivity index (χ1v) is 11.5. The Labute approximate surface area is 172 Å². The van der Waals surface area contributed by atoms with Crippen molar-refractivity contribution >= 4 is 33.3 Å². The number of rotatable bonds is 6. The van der Waals surface area contributed by atoms with Gasteiger partial charge in [0.25, 0.3) is 11.8 Å². The molecule has 29 heavy (non-hydrogen) atoms. The summed E-state index contributed by atoms with van der Waals surface area (Å²) in [6.07, 6.45) is 3.86. The van der Waals surface area contributed by atoms with Gasteiger partial charge < -0.3 is 4.42 Å². The van der Waals surface area contributed by atoms with Gasteiger partial charge in [-0.2, -0.15) is 4.31 Å². The van der Waals surface area contributed by atoms with Crippen molar-refractivity contribution in [3.63, 3.8) is 0 Å². The average molecular weight is 433 g/mol. The normalized spacial score (nSPS) is 15.1. The molecule has 4 rings (SSSR count). The third-order valence-corrected chi connectivity index (χ3v) is 7.79. The van der Waals surface area contributed by atoms with E-state index in [1.54, 1.807) is 7.05 Å². The van der Waals surface area contributed by atoms with Crippen LogP contribution >= 0.6 is 11.3 Å². The predicted molar refractivity (Wildman–Crippen MR) is 109 cm³/mol. The molecule has 1 aliphatic carbocycles. The predicted octanol–water partition coefficient (Wildman–Crippen LogP) is 3.61. The van der Waals surface area contributed by atoms with Gasteiger partial charge in [-0.15, -0.1) is 16.4 Å². The third kappa shape index (κ3) is 4.09. The molecule has 1 fully saturated rings. The Bertz CT molecular complexity index is 1090. The van der Waals surface area contributed by atoms with Gasteiger partial charge >= 0.3 is 6.01 Å². The zero-order valence-corrected chi connectivity index (χ0v) is 17.4. The van der Waals surface area contributed by atoms with E-state index in [1.807, 2.05) is 17.5 Å². The molecule has 1 N–H and O–H groups in total. The third-order valence-electron chi connectivity index (χ3n) is 5.01. The first-order chi connectivity index (χ1) is 13.9. The molecule has 0 aliphatic heterocycles. The minimum atomic E-state index is -3.58. The van der Waals surface area contributed by atoms with E-state index in [4.69, 9.17) is 4.42 Å². The Hall–Kier alpha value is -2.56. The van der Waals surface area contributed by atoms with Crippen LogP contribution in [0.1, 0.15) is 36.0 Å². The first-order valence-electron chi connectivity index (χ1n) is 9.22. The number of amides is 1. The van der Waals surface area contributed by atoms with E-state index in [0.29, 0.717) is 11.5 Å². The first kappa shape index (κ1) is 19.7. The maximum atomic E-state index is 12.8. The van der Waals surface area contributed by atoms with E-state index in [0.717, 1.165) is 30.6 Å². The summed E-state index contributed by atoms with van der Waals surface area (Å²) >= 11 is 1.45. The summed E-state index contributed by atoms with van der Waals surface area (Å²) in [6.45, 7) is 0. The fourth-order valence-corrected chi connectivity index (χ4v) is 5.41. The number of benzene rings is 1. The quantitative estimate of drug-likeness (QED) is 0.638. The lowest BCUT2D eigenvalue weighted by Gasteiger charge is -2.23. The fourth-order valence-electron chi connectivity index (χ4n) is 3.35. The zero-order valence-electron chi connectivity index (χ0n) is 15.7. The van der Waals surface area contributed by atoms with Crippen molar-refractivity contribution in [1.82, 2.24) is 14.5 Å². The monoisotopic (exact) mass is 432 g/mol. The molecule has 2 aromatic heterocycles. The van der Waals surface area contributed by atoms with Crippen LogP contribution in [0.3, 0.4) is 0 Å². The van der Waals surface area contributed by atoms with E-state index in [1.165, 1.54) is 39.9 Å². The lowest BCUT2D eigenvalue weighted by atomic mass is 10.2. The van der Waals surface area contributed by atoms with Crippen LogP contribution in [0, 0.1) is 0 Å². The fraction of sp³-hybridized carbons (Fsp3) is 0.316. The largest absolute Gasteiger partial charge is 0.402 e. The molecular weight excluding hydrogens is 412 g/mol. The molecule has 2 heterocycles. The number of nitrogens with one attached hydrogen (secondary N) is 1. The number of sulfonamides is 1. The van der Waals surface area contributed by atoms with Crippen LogP contribution < -0.4 is 5.32 Å². The van der Waals surface area contributed by atoms with Gasteiger partial charge in [0.15, 0.2) is 0 Å². The van der Waals surface area contributed by atoms with Crippen LogP contribution in [0.25, 0.3) is 10.8 Å². The van der Waals surface area contributed by atoms with Crippen LogP contribution in [0.2, 0.25) is 0 Å². The van der Waals surface area contributed by atoms with Crippen molar-refractivity contribution < 1.29 is 17.6 Å². The van der Waals surface area contributed by atoms with Crippen molar-refractivity contribution in [3.8, 4) is 10.8 Å². The number of nitrogens with zero attached hydrogens (tertiary/aromatic N) is 3. The molecule has 0 radical (unpaired) electrons. The summed E-state index contributed by atoms with van der Waals surface area (Å²) in [5, 5.41) is 12.1. The molecule has 0 bridgehead atoms. The topological polar surface area (TPSA) is 105 Å². The van der Waals surface area contributed by atoms with Crippen molar-refractivity contribution in [2.45, 2.75) is 36.6 Å². The molecule has 1 saturated carbocycles. The van der Waals surface area contributed by atoms with E-state index < -0.39 is 15.9 Å². The van der Waals surface area contributed by atoms with Gasteiger partial charge in [0.2, 0.25) is 10.0 Å². The van der Waals surface area contributed by atoms with E-state index >= 15 is 0 Å². The number of carbonyl (C=O) groups excluding carboxylic acids is 1. The number of carbonyl (C=O) groups is 1. The standard InChI is InChI=1S/C19H20N4O4S2/c1-23(14-5-2-3-6-14)29(25,26)15-10-8-13(9-11-15)17(24)20-19-22-21-18(27-19)16-7-4-12-28-16/h4,7-12,14H,2-3,5-6H2,1H3,(H,20,22,24). The van der Waals surface area contributed by atoms with Crippen LogP contribution in [0.5, 0.6) is 0 Å². The molecule has 1 aliphatic rings. The minimum absolute atomic E-state index is 0.0175. The molecule has 1 aromatic carbocycles. The maximum absolute atomic E-state index is 12.8. The molecule has 0 unspecified atom stereocenters. The van der Waals surface area contributed by atoms with Crippen LogP contribution in [0.4, 0.5) is 6.01 Å². The van der Waals surface area contributed by atoms with Gasteiger partial charge in [-0.3, -0.25) is 10.1 Å². The van der Waals surface area contributed by atoms with Crippen molar-refractivity contribution in [1.29, 1.82) is 0 Å². The van der Waals surface area contributed by atoms with Gasteiger partial charge in [-0.1, -0.05) is 24.0 Å². The molecule has 0 spiro atoms. The molecule has 0 saturated heterocycles. The Morgan fingerprint density at radius 1 is 1.17 bits per heavy atom. The van der Waals surface area contributed by atoms with E-state index in [9.17, 15) is 13.2 Å². The summed E-state index contributed by atoms with van der Waals surface area (Å²) in [5.41, 5.74) is 0.295. The molecule has 3 aromatic rings. The molecule has 1 amide bonds. The lowest BCUT2D eigenvalue weighted by Crippen LogP contribution is -2.35. The smallest absolute Gasteiger partial charge is 0.322 e. The number of thiophene rings is 1. The molecule has 0 atom stereocenters. The number of hydrogen-bond acceptors (Lipinski definition) is 7. The second kappa shape index (κ2) is 8.05. The summed E-state index contributed by atoms with van der Waals surface area (Å²) in [4.78, 5) is 13.4. The minimum Gasteiger partial charge on any atom is -0.402 e. The van der Waals surface area contributed by atoms with Gasteiger partial charge in [0, 0.05) is 18.7 Å². The second-order valence-corrected chi connectivity index (χ2v) is 9.77. The summed E-state index contributed by atoms with van der Waals surface area (Å²) < 4.78 is 32.5. The summed E-state index contributed by atoms with van der Waals surface area (Å²) in [7, 11) is -1.97. The highest BCUT2D eigenvalue weighted by Gasteiger charge is 2.30. The van der Waals surface area contributed by atoms with Crippen molar-refractivity contribution in [2.75, 3.05) is 12.4 Å². The Balaban J connectivity index is 1.45. The van der Waals surface area contributed by atoms with Crippen LogP contribution in [-0.4, -0.2) is 41.9 Å². The zero-order chi connectivity index (χ0) is 20.4. The van der Waals surface area contributed by atoms with Crippen molar-refractivity contribution in [3.05, 3.63) is 47.3 Å². The highest BCUT2D eigenvalue weighted by Crippen LogP contribution is 2.28. The highest BCUT2D eigenvalue weighted by atomic mass is 32.2. The maximum Gasteiger partial charge on any atom is 0.322 e. The Morgan fingerprint density at radius 3 is 2.55 bits per heavy atom. The van der Waals surface area contributed by atoms with Gasteiger partial charge in [-0.25, -0.2) is 8.42 Å². The average Bonchev–Trinajstić information content (AvgIpc) is 3.49.